The van der Waals surface area contributed by atoms with Gasteiger partial charge < -0.3 is 20.1 Å². The van der Waals surface area contributed by atoms with E-state index in [0.717, 1.165) is 4.57 Å². The van der Waals surface area contributed by atoms with E-state index < -0.39 is 36.3 Å². The topological polar surface area (TPSA) is 105 Å². The van der Waals surface area contributed by atoms with Crippen molar-refractivity contribution in [3.8, 4) is 12.3 Å². The molecule has 0 saturated carbocycles. The van der Waals surface area contributed by atoms with Crippen molar-refractivity contribution < 1.29 is 20.1 Å². The van der Waals surface area contributed by atoms with Crippen LogP contribution in [-0.4, -0.2) is 49.3 Å². The second kappa shape index (κ2) is 4.51. The molecule has 0 aliphatic carbocycles. The Balaban J connectivity index is 2.49. The zero-order chi connectivity index (χ0) is 13.3. The maximum absolute atomic E-state index is 11.6. The molecule has 1 aliphatic rings. The van der Waals surface area contributed by atoms with Gasteiger partial charge in [0.05, 0.1) is 6.61 Å². The third-order valence-corrected chi connectivity index (χ3v) is 2.89. The van der Waals surface area contributed by atoms with Gasteiger partial charge in [-0.15, -0.1) is 6.42 Å². The van der Waals surface area contributed by atoms with Gasteiger partial charge in [0.25, 0.3) is 0 Å². The summed E-state index contributed by atoms with van der Waals surface area (Å²) in [5.74, 6) is 2.01. The van der Waals surface area contributed by atoms with E-state index in [0.29, 0.717) is 0 Å². The Labute approximate surface area is 102 Å². The van der Waals surface area contributed by atoms with Crippen molar-refractivity contribution in [2.45, 2.75) is 24.0 Å². The van der Waals surface area contributed by atoms with Gasteiger partial charge in [-0.05, 0) is 6.07 Å². The van der Waals surface area contributed by atoms with Crippen molar-refractivity contribution in [2.75, 3.05) is 6.61 Å². The van der Waals surface area contributed by atoms with Crippen LogP contribution in [0.1, 0.15) is 6.23 Å². The van der Waals surface area contributed by atoms with E-state index in [1.807, 2.05) is 5.92 Å². The van der Waals surface area contributed by atoms with Crippen molar-refractivity contribution in [1.82, 2.24) is 9.55 Å². The summed E-state index contributed by atoms with van der Waals surface area (Å²) in [7, 11) is 0. The van der Waals surface area contributed by atoms with Gasteiger partial charge >= 0.3 is 5.69 Å². The molecule has 1 aliphatic heterocycles. The fourth-order valence-electron chi connectivity index (χ4n) is 1.90. The van der Waals surface area contributed by atoms with Gasteiger partial charge in [0.1, 0.15) is 12.2 Å². The van der Waals surface area contributed by atoms with Crippen molar-refractivity contribution in [1.29, 1.82) is 0 Å². The third-order valence-electron chi connectivity index (χ3n) is 2.89. The molecule has 0 aromatic carbocycles. The Hall–Kier alpha value is -1.72. The summed E-state index contributed by atoms with van der Waals surface area (Å²) in [5, 5.41) is 29.0. The number of nitrogens with zero attached hydrogens (tertiary/aromatic N) is 2. The highest BCUT2D eigenvalue weighted by atomic mass is 16.6. The van der Waals surface area contributed by atoms with Crippen molar-refractivity contribution >= 4 is 0 Å². The molecule has 0 amide bonds. The molecule has 0 spiro atoms. The van der Waals surface area contributed by atoms with Crippen LogP contribution in [0, 0.1) is 12.3 Å². The van der Waals surface area contributed by atoms with Crippen molar-refractivity contribution in [2.24, 2.45) is 0 Å². The first kappa shape index (κ1) is 12.7. The van der Waals surface area contributed by atoms with Gasteiger partial charge in [-0.25, -0.2) is 9.78 Å². The van der Waals surface area contributed by atoms with Gasteiger partial charge in [-0.2, -0.15) is 0 Å². The van der Waals surface area contributed by atoms with Gasteiger partial charge in [-0.1, -0.05) is 5.92 Å². The molecule has 7 nitrogen and oxygen atoms in total. The van der Waals surface area contributed by atoms with E-state index in [1.165, 1.54) is 18.5 Å². The quantitative estimate of drug-likeness (QED) is 0.519. The Morgan fingerprint density at radius 3 is 2.94 bits per heavy atom. The van der Waals surface area contributed by atoms with E-state index >= 15 is 0 Å². The Morgan fingerprint density at radius 1 is 1.67 bits per heavy atom. The van der Waals surface area contributed by atoms with Crippen molar-refractivity contribution in [3.63, 3.8) is 0 Å². The van der Waals surface area contributed by atoms with Crippen LogP contribution in [-0.2, 0) is 4.74 Å². The van der Waals surface area contributed by atoms with Gasteiger partial charge in [0.2, 0.25) is 0 Å². The Bertz CT molecular complexity index is 537. The SMILES string of the molecule is C#C[C@@]1(O)[C@H](O)[C@@H](CO)O[C@H]1n1cccnc1=O. The molecule has 1 fully saturated rings. The highest BCUT2D eigenvalue weighted by Crippen LogP contribution is 2.36. The molecule has 1 aromatic rings. The highest BCUT2D eigenvalue weighted by molar-refractivity contribution is 5.19. The molecule has 96 valence electrons. The van der Waals surface area contributed by atoms with E-state index in [4.69, 9.17) is 16.3 Å². The second-order valence-corrected chi connectivity index (χ2v) is 3.93. The maximum atomic E-state index is 11.6. The minimum Gasteiger partial charge on any atom is -0.394 e. The third kappa shape index (κ3) is 1.72. The first-order chi connectivity index (χ1) is 8.54. The van der Waals surface area contributed by atoms with E-state index in [2.05, 4.69) is 4.98 Å². The molecule has 4 atom stereocenters. The number of hydrogen-bond donors (Lipinski definition) is 3. The zero-order valence-corrected chi connectivity index (χ0v) is 9.30. The zero-order valence-electron chi connectivity index (χ0n) is 9.30. The van der Waals surface area contributed by atoms with Crippen molar-refractivity contribution in [3.05, 3.63) is 28.9 Å². The number of rotatable bonds is 2. The van der Waals surface area contributed by atoms with Crippen LogP contribution < -0.4 is 5.69 Å². The lowest BCUT2D eigenvalue weighted by atomic mass is 9.95. The average molecular weight is 252 g/mol. The van der Waals surface area contributed by atoms with Crippen LogP contribution in [0.4, 0.5) is 0 Å². The lowest BCUT2D eigenvalue weighted by Gasteiger charge is -2.26. The molecule has 2 heterocycles. The minimum absolute atomic E-state index is 0.531. The summed E-state index contributed by atoms with van der Waals surface area (Å²) >= 11 is 0. The van der Waals surface area contributed by atoms with Gasteiger partial charge in [0, 0.05) is 12.4 Å². The van der Waals surface area contributed by atoms with Crippen LogP contribution in [0.3, 0.4) is 0 Å². The van der Waals surface area contributed by atoms with Crippen LogP contribution in [0.25, 0.3) is 0 Å². The number of aliphatic hydroxyl groups excluding tert-OH is 2. The molecule has 18 heavy (non-hydrogen) atoms. The first-order valence-corrected chi connectivity index (χ1v) is 5.22. The number of terminal acetylenes is 1. The van der Waals surface area contributed by atoms with Gasteiger partial charge in [0.15, 0.2) is 11.8 Å². The maximum Gasteiger partial charge on any atom is 0.349 e. The molecule has 1 aromatic heterocycles. The second-order valence-electron chi connectivity index (χ2n) is 3.93. The molecule has 0 unspecified atom stereocenters. The molecule has 7 heteroatoms. The number of ether oxygens (including phenoxy) is 1. The predicted octanol–water partition coefficient (Wildman–Crippen LogP) is -2.14. The highest BCUT2D eigenvalue weighted by Gasteiger charge is 2.55. The lowest BCUT2D eigenvalue weighted by molar-refractivity contribution is -0.0764. The fraction of sp³-hybridized carbons (Fsp3) is 0.455. The summed E-state index contributed by atoms with van der Waals surface area (Å²) in [6.07, 6.45) is 3.95. The molecule has 0 radical (unpaired) electrons. The standard InChI is InChI=1S/C11H12N2O5/c1-2-11(17)8(15)7(6-14)18-9(11)13-5-3-4-12-10(13)16/h1,3-5,7-9,14-15,17H,6H2/t7-,8-,9-,11-/m1/s1. The van der Waals surface area contributed by atoms with Crippen LogP contribution in [0.2, 0.25) is 0 Å². The summed E-state index contributed by atoms with van der Waals surface area (Å²) in [6, 6.07) is 1.46. The summed E-state index contributed by atoms with van der Waals surface area (Å²) in [6.45, 7) is -0.531. The van der Waals surface area contributed by atoms with E-state index in [1.54, 1.807) is 0 Å². The molecule has 1 saturated heterocycles. The number of hydrogen-bond acceptors (Lipinski definition) is 6. The van der Waals surface area contributed by atoms with E-state index in [-0.39, 0.29) is 0 Å². The normalized spacial score (nSPS) is 35.3. The van der Waals surface area contributed by atoms with E-state index in [9.17, 15) is 15.0 Å². The monoisotopic (exact) mass is 252 g/mol. The fourth-order valence-corrected chi connectivity index (χ4v) is 1.90. The molecular formula is C11H12N2O5. The smallest absolute Gasteiger partial charge is 0.349 e. The molecule has 3 N–H and O–H groups in total. The Kier molecular flexibility index (Phi) is 3.19. The molecule has 0 bridgehead atoms. The largest absolute Gasteiger partial charge is 0.394 e. The number of aliphatic hydroxyl groups is 3. The summed E-state index contributed by atoms with van der Waals surface area (Å²) in [4.78, 5) is 15.1. The van der Waals surface area contributed by atoms with Gasteiger partial charge in [-0.3, -0.25) is 4.57 Å². The number of aromatic nitrogens is 2. The molecule has 2 rings (SSSR count). The average Bonchev–Trinajstić information content (AvgIpc) is 2.64. The van der Waals surface area contributed by atoms with Crippen LogP contribution >= 0.6 is 0 Å². The lowest BCUT2D eigenvalue weighted by Crippen LogP contribution is -2.47. The predicted molar refractivity (Wildman–Crippen MR) is 59.3 cm³/mol. The van der Waals surface area contributed by atoms with Crippen LogP contribution in [0.5, 0.6) is 0 Å². The summed E-state index contributed by atoms with van der Waals surface area (Å²) in [5.41, 5.74) is -2.78. The summed E-state index contributed by atoms with van der Waals surface area (Å²) < 4.78 is 6.20. The molecular weight excluding hydrogens is 240 g/mol. The minimum atomic E-state index is -2.10. The van der Waals surface area contributed by atoms with Crippen LogP contribution in [0.15, 0.2) is 23.3 Å². The Morgan fingerprint density at radius 2 is 2.39 bits per heavy atom. The first-order valence-electron chi connectivity index (χ1n) is 5.22.